The lowest BCUT2D eigenvalue weighted by Gasteiger charge is -2.11. The molecule has 2 rings (SSSR count). The number of thiocarbonyl (C=S) groups is 1. The quantitative estimate of drug-likeness (QED) is 0.434. The van der Waals surface area contributed by atoms with Crippen molar-refractivity contribution in [3.8, 4) is 0 Å². The first kappa shape index (κ1) is 18.9. The molecule has 0 saturated carbocycles. The monoisotopic (exact) mass is 494 g/mol. The molecule has 0 spiro atoms. The number of anilines is 1. The van der Waals surface area contributed by atoms with E-state index in [0.717, 1.165) is 3.57 Å². The predicted molar refractivity (Wildman–Crippen MR) is 106 cm³/mol. The van der Waals surface area contributed by atoms with Crippen molar-refractivity contribution in [2.24, 2.45) is 0 Å². The Morgan fingerprint density at radius 1 is 1.04 bits per heavy atom. The van der Waals surface area contributed by atoms with Gasteiger partial charge in [0.05, 0.1) is 21.2 Å². The van der Waals surface area contributed by atoms with Crippen molar-refractivity contribution in [3.05, 3.63) is 61.1 Å². The molecule has 0 aliphatic heterocycles. The number of aromatic carboxylic acids is 1. The second-order valence-corrected chi connectivity index (χ2v) is 7.00. The molecule has 0 aliphatic rings. The highest BCUT2D eigenvalue weighted by molar-refractivity contribution is 14.1. The van der Waals surface area contributed by atoms with E-state index >= 15 is 0 Å². The SMILES string of the molecule is O=C(O)c1ccc(NC(=S)NC(=O)c2cc(I)ccc2Cl)cc1Cl. The average Bonchev–Trinajstić information content (AvgIpc) is 2.49. The van der Waals surface area contributed by atoms with Gasteiger partial charge in [-0.3, -0.25) is 10.1 Å². The Morgan fingerprint density at radius 3 is 2.38 bits per heavy atom. The highest BCUT2D eigenvalue weighted by atomic mass is 127. The Hall–Kier alpha value is -1.42. The molecule has 0 saturated heterocycles. The standard InChI is InChI=1S/C15H9Cl2IN2O3S/c16-11-4-1-7(18)5-10(11)13(21)20-15(24)19-8-2-3-9(14(22)23)12(17)6-8/h1-6H,(H,22,23)(H2,19,20,21,24). The Morgan fingerprint density at radius 2 is 1.75 bits per heavy atom. The maximum absolute atomic E-state index is 12.2. The number of halogens is 3. The van der Waals surface area contributed by atoms with E-state index in [1.165, 1.54) is 18.2 Å². The molecular formula is C15H9Cl2IN2O3S. The molecule has 2 aromatic rings. The van der Waals surface area contributed by atoms with Gasteiger partial charge >= 0.3 is 5.97 Å². The van der Waals surface area contributed by atoms with Crippen LogP contribution in [0.15, 0.2) is 36.4 Å². The third-order valence-corrected chi connectivity index (χ3v) is 4.37. The zero-order chi connectivity index (χ0) is 17.9. The summed E-state index contributed by atoms with van der Waals surface area (Å²) in [5.41, 5.74) is 0.721. The van der Waals surface area contributed by atoms with Gasteiger partial charge in [0, 0.05) is 9.26 Å². The van der Waals surface area contributed by atoms with Crippen LogP contribution in [0.5, 0.6) is 0 Å². The molecule has 3 N–H and O–H groups in total. The maximum atomic E-state index is 12.2. The predicted octanol–water partition coefficient (Wildman–Crippen LogP) is 4.42. The molecule has 24 heavy (non-hydrogen) atoms. The Bertz CT molecular complexity index is 845. The number of hydrogen-bond donors (Lipinski definition) is 3. The number of carbonyl (C=O) groups excluding carboxylic acids is 1. The van der Waals surface area contributed by atoms with Gasteiger partial charge in [0.15, 0.2) is 5.11 Å². The van der Waals surface area contributed by atoms with Gasteiger partial charge in [-0.05, 0) is 71.2 Å². The number of amides is 1. The van der Waals surface area contributed by atoms with E-state index in [1.807, 2.05) is 0 Å². The van der Waals surface area contributed by atoms with E-state index in [2.05, 4.69) is 33.2 Å². The topological polar surface area (TPSA) is 78.4 Å². The second-order valence-electron chi connectivity index (χ2n) is 4.53. The summed E-state index contributed by atoms with van der Waals surface area (Å²) in [5.74, 6) is -1.58. The molecule has 0 aromatic heterocycles. The van der Waals surface area contributed by atoms with Crippen LogP contribution in [0.2, 0.25) is 10.0 Å². The van der Waals surface area contributed by atoms with Crippen LogP contribution in [0.3, 0.4) is 0 Å². The maximum Gasteiger partial charge on any atom is 0.337 e. The van der Waals surface area contributed by atoms with Crippen molar-refractivity contribution >= 4 is 80.7 Å². The molecule has 0 bridgehead atoms. The summed E-state index contributed by atoms with van der Waals surface area (Å²) < 4.78 is 0.858. The van der Waals surface area contributed by atoms with Crippen LogP contribution in [0.1, 0.15) is 20.7 Å². The van der Waals surface area contributed by atoms with Gasteiger partial charge < -0.3 is 10.4 Å². The summed E-state index contributed by atoms with van der Waals surface area (Å²) in [5, 5.41) is 14.6. The first-order valence-electron chi connectivity index (χ1n) is 6.38. The number of benzene rings is 2. The van der Waals surface area contributed by atoms with Crippen molar-refractivity contribution < 1.29 is 14.7 Å². The fourth-order valence-corrected chi connectivity index (χ4v) is 2.94. The largest absolute Gasteiger partial charge is 0.478 e. The van der Waals surface area contributed by atoms with E-state index in [4.69, 9.17) is 40.5 Å². The fourth-order valence-electron chi connectivity index (χ4n) is 1.77. The second kappa shape index (κ2) is 8.11. The molecule has 1 amide bonds. The van der Waals surface area contributed by atoms with Crippen LogP contribution in [0.25, 0.3) is 0 Å². The number of rotatable bonds is 3. The molecule has 0 heterocycles. The van der Waals surface area contributed by atoms with Crippen molar-refractivity contribution in [3.63, 3.8) is 0 Å². The normalized spacial score (nSPS) is 10.1. The minimum absolute atomic E-state index is 0.0252. The number of nitrogens with one attached hydrogen (secondary N) is 2. The van der Waals surface area contributed by atoms with Gasteiger partial charge in [-0.25, -0.2) is 4.79 Å². The Kier molecular flexibility index (Phi) is 6.39. The summed E-state index contributed by atoms with van der Waals surface area (Å²) >= 11 is 19.0. The number of hydrogen-bond acceptors (Lipinski definition) is 3. The average molecular weight is 495 g/mol. The van der Waals surface area contributed by atoms with Crippen molar-refractivity contribution in [2.75, 3.05) is 5.32 Å². The molecule has 9 heteroatoms. The molecule has 0 atom stereocenters. The fraction of sp³-hybridized carbons (Fsp3) is 0. The van der Waals surface area contributed by atoms with Crippen LogP contribution >= 0.6 is 58.0 Å². The van der Waals surface area contributed by atoms with Crippen LogP contribution in [0.4, 0.5) is 5.69 Å². The summed E-state index contributed by atoms with van der Waals surface area (Å²) in [6.07, 6.45) is 0. The molecule has 0 aliphatic carbocycles. The lowest BCUT2D eigenvalue weighted by Crippen LogP contribution is -2.34. The van der Waals surface area contributed by atoms with Crippen molar-refractivity contribution in [2.45, 2.75) is 0 Å². The van der Waals surface area contributed by atoms with E-state index in [9.17, 15) is 9.59 Å². The summed E-state index contributed by atoms with van der Waals surface area (Å²) in [4.78, 5) is 23.1. The molecule has 0 radical (unpaired) electrons. The van der Waals surface area contributed by atoms with Gasteiger partial charge in [-0.1, -0.05) is 23.2 Å². The lowest BCUT2D eigenvalue weighted by molar-refractivity contribution is 0.0697. The highest BCUT2D eigenvalue weighted by Gasteiger charge is 2.13. The van der Waals surface area contributed by atoms with Crippen LogP contribution in [-0.2, 0) is 0 Å². The lowest BCUT2D eigenvalue weighted by atomic mass is 10.2. The minimum atomic E-state index is -1.13. The summed E-state index contributed by atoms with van der Waals surface area (Å²) in [7, 11) is 0. The first-order valence-corrected chi connectivity index (χ1v) is 8.62. The zero-order valence-electron chi connectivity index (χ0n) is 11.8. The van der Waals surface area contributed by atoms with Crippen molar-refractivity contribution in [1.82, 2.24) is 5.32 Å². The van der Waals surface area contributed by atoms with E-state index in [-0.39, 0.29) is 15.7 Å². The smallest absolute Gasteiger partial charge is 0.337 e. The van der Waals surface area contributed by atoms with E-state index < -0.39 is 11.9 Å². The van der Waals surface area contributed by atoms with Gasteiger partial charge in [0.2, 0.25) is 0 Å². The van der Waals surface area contributed by atoms with E-state index in [1.54, 1.807) is 18.2 Å². The van der Waals surface area contributed by atoms with Crippen LogP contribution in [-0.4, -0.2) is 22.1 Å². The first-order chi connectivity index (χ1) is 11.3. The minimum Gasteiger partial charge on any atom is -0.478 e. The van der Waals surface area contributed by atoms with Crippen LogP contribution in [0, 0.1) is 3.57 Å². The summed E-state index contributed by atoms with van der Waals surface area (Å²) in [6.45, 7) is 0. The summed E-state index contributed by atoms with van der Waals surface area (Å²) in [6, 6.07) is 9.28. The van der Waals surface area contributed by atoms with Crippen LogP contribution < -0.4 is 10.6 Å². The third-order valence-electron chi connectivity index (χ3n) is 2.86. The van der Waals surface area contributed by atoms with Crippen molar-refractivity contribution in [1.29, 1.82) is 0 Å². The van der Waals surface area contributed by atoms with E-state index in [0.29, 0.717) is 16.3 Å². The third kappa shape index (κ3) is 4.79. The number of carbonyl (C=O) groups is 2. The molecule has 0 fully saturated rings. The van der Waals surface area contributed by atoms with Gasteiger partial charge in [-0.2, -0.15) is 0 Å². The van der Waals surface area contributed by atoms with Gasteiger partial charge in [0.1, 0.15) is 0 Å². The zero-order valence-corrected chi connectivity index (χ0v) is 16.3. The molecule has 5 nitrogen and oxygen atoms in total. The molecule has 2 aromatic carbocycles. The number of carboxylic acids is 1. The molecular weight excluding hydrogens is 486 g/mol. The molecule has 124 valence electrons. The highest BCUT2D eigenvalue weighted by Crippen LogP contribution is 2.21. The Balaban J connectivity index is 2.08. The molecule has 0 unspecified atom stereocenters. The Labute approximate surface area is 166 Å². The van der Waals surface area contributed by atoms with Gasteiger partial charge in [0.25, 0.3) is 5.91 Å². The number of carboxylic acid groups (broad SMARTS) is 1. The van der Waals surface area contributed by atoms with Gasteiger partial charge in [-0.15, -0.1) is 0 Å².